The van der Waals surface area contributed by atoms with E-state index < -0.39 is 11.4 Å². The van der Waals surface area contributed by atoms with E-state index in [1.165, 1.54) is 12.1 Å². The zero-order valence-corrected chi connectivity index (χ0v) is 14.3. The molecule has 5 nitrogen and oxygen atoms in total. The maximum atomic E-state index is 13.4. The van der Waals surface area contributed by atoms with Gasteiger partial charge in [0.25, 0.3) is 0 Å². The first-order valence-electron chi connectivity index (χ1n) is 8.36. The Morgan fingerprint density at radius 1 is 1.33 bits per heavy atom. The molecular weight excluding hydrogens is 333 g/mol. The molecule has 1 aromatic carbocycles. The highest BCUT2D eigenvalue weighted by molar-refractivity contribution is 6.31. The molecule has 0 aromatic heterocycles. The van der Waals surface area contributed by atoms with Gasteiger partial charge in [0.2, 0.25) is 5.91 Å². The van der Waals surface area contributed by atoms with Gasteiger partial charge in [0.15, 0.2) is 0 Å². The van der Waals surface area contributed by atoms with Crippen LogP contribution in [0.25, 0.3) is 0 Å². The Hall–Kier alpha value is -1.37. The largest absolute Gasteiger partial charge is 0.378 e. The van der Waals surface area contributed by atoms with Gasteiger partial charge in [-0.1, -0.05) is 11.6 Å². The lowest BCUT2D eigenvalue weighted by atomic mass is 9.78. The van der Waals surface area contributed by atoms with Crippen LogP contribution in [0.4, 0.5) is 10.1 Å². The Kier molecular flexibility index (Phi) is 5.27. The molecule has 1 aliphatic heterocycles. The summed E-state index contributed by atoms with van der Waals surface area (Å²) in [6, 6.07) is 4.57. The summed E-state index contributed by atoms with van der Waals surface area (Å²) in [5.74, 6) is -0.403. The van der Waals surface area contributed by atoms with Crippen molar-refractivity contribution >= 4 is 23.2 Å². The van der Waals surface area contributed by atoms with Crippen molar-refractivity contribution in [3.05, 3.63) is 29.0 Å². The molecule has 0 unspecified atom stereocenters. The van der Waals surface area contributed by atoms with E-state index in [-0.39, 0.29) is 17.0 Å². The molecule has 0 bridgehead atoms. The minimum atomic E-state index is -0.714. The van der Waals surface area contributed by atoms with Crippen molar-refractivity contribution in [3.63, 3.8) is 0 Å². The molecule has 2 aliphatic rings. The zero-order valence-electron chi connectivity index (χ0n) is 13.6. The predicted octanol–water partition coefficient (Wildman–Crippen LogP) is 2.39. The number of carbonyl (C=O) groups excluding carboxylic acids is 1. The fraction of sp³-hybridized carbons (Fsp3) is 0.588. The maximum Gasteiger partial charge on any atom is 0.248 e. The molecule has 24 heavy (non-hydrogen) atoms. The number of rotatable bonds is 3. The van der Waals surface area contributed by atoms with Gasteiger partial charge >= 0.3 is 0 Å². The number of carbonyl (C=O) groups is 1. The molecule has 7 heteroatoms. The third-order valence-corrected chi connectivity index (χ3v) is 5.18. The van der Waals surface area contributed by atoms with Crippen LogP contribution in [0.1, 0.15) is 25.7 Å². The fourth-order valence-corrected chi connectivity index (χ4v) is 3.63. The van der Waals surface area contributed by atoms with Gasteiger partial charge < -0.3 is 20.7 Å². The number of ether oxygens (including phenoxy) is 1. The predicted molar refractivity (Wildman–Crippen MR) is 91.6 cm³/mol. The van der Waals surface area contributed by atoms with Crippen molar-refractivity contribution in [1.82, 2.24) is 4.90 Å². The Morgan fingerprint density at radius 2 is 2.00 bits per heavy atom. The molecule has 1 saturated carbocycles. The zero-order chi connectivity index (χ0) is 17.2. The van der Waals surface area contributed by atoms with Crippen LogP contribution in [0.15, 0.2) is 18.2 Å². The number of benzene rings is 1. The van der Waals surface area contributed by atoms with Crippen LogP contribution in [0.5, 0.6) is 0 Å². The third-order valence-electron chi connectivity index (χ3n) is 4.89. The van der Waals surface area contributed by atoms with Crippen molar-refractivity contribution in [2.45, 2.75) is 37.3 Å². The average molecular weight is 356 g/mol. The number of hydrogen-bond acceptors (Lipinski definition) is 4. The number of anilines is 1. The van der Waals surface area contributed by atoms with E-state index in [9.17, 15) is 9.18 Å². The van der Waals surface area contributed by atoms with Gasteiger partial charge in [-0.2, -0.15) is 0 Å². The maximum absolute atomic E-state index is 13.4. The van der Waals surface area contributed by atoms with Crippen LogP contribution in [-0.4, -0.2) is 48.7 Å². The Labute approximate surface area is 146 Å². The summed E-state index contributed by atoms with van der Waals surface area (Å²) in [6.07, 6.45) is 2.86. The number of halogens is 2. The second kappa shape index (κ2) is 7.25. The van der Waals surface area contributed by atoms with E-state index >= 15 is 0 Å². The van der Waals surface area contributed by atoms with Crippen molar-refractivity contribution in [2.75, 3.05) is 31.6 Å². The minimum absolute atomic E-state index is 0.0430. The van der Waals surface area contributed by atoms with Gasteiger partial charge in [-0.25, -0.2) is 4.39 Å². The number of morpholine rings is 1. The van der Waals surface area contributed by atoms with Crippen molar-refractivity contribution in [1.29, 1.82) is 0 Å². The van der Waals surface area contributed by atoms with Crippen LogP contribution < -0.4 is 11.1 Å². The van der Waals surface area contributed by atoms with Crippen LogP contribution in [-0.2, 0) is 9.53 Å². The summed E-state index contributed by atoms with van der Waals surface area (Å²) in [5.41, 5.74) is 5.97. The van der Waals surface area contributed by atoms with Gasteiger partial charge in [-0.3, -0.25) is 4.79 Å². The molecule has 0 radical (unpaired) electrons. The summed E-state index contributed by atoms with van der Waals surface area (Å²) in [5, 5.41) is 3.38. The SMILES string of the molecule is NC1CCC(Nc2ccc(F)c(Cl)c2)(C(=O)N2CCOCC2)CC1. The lowest BCUT2D eigenvalue weighted by Gasteiger charge is -2.43. The normalized spacial score (nSPS) is 27.8. The van der Waals surface area contributed by atoms with Gasteiger partial charge in [0.1, 0.15) is 11.4 Å². The van der Waals surface area contributed by atoms with Crippen molar-refractivity contribution < 1.29 is 13.9 Å². The van der Waals surface area contributed by atoms with Crippen molar-refractivity contribution in [2.24, 2.45) is 5.73 Å². The molecule has 1 saturated heterocycles. The van der Waals surface area contributed by atoms with Gasteiger partial charge in [0, 0.05) is 24.8 Å². The number of hydrogen-bond donors (Lipinski definition) is 2. The van der Waals surface area contributed by atoms with Crippen molar-refractivity contribution in [3.8, 4) is 0 Å². The Morgan fingerprint density at radius 3 is 2.62 bits per heavy atom. The van der Waals surface area contributed by atoms with Gasteiger partial charge in [-0.05, 0) is 43.9 Å². The Balaban J connectivity index is 1.84. The number of nitrogens with two attached hydrogens (primary N) is 1. The highest BCUT2D eigenvalue weighted by atomic mass is 35.5. The van der Waals surface area contributed by atoms with E-state index in [1.807, 2.05) is 4.90 Å². The molecular formula is C17H23ClFN3O2. The van der Waals surface area contributed by atoms with E-state index in [4.69, 9.17) is 22.1 Å². The first-order chi connectivity index (χ1) is 11.5. The molecule has 3 N–H and O–H groups in total. The fourth-order valence-electron chi connectivity index (χ4n) is 3.44. The first kappa shape index (κ1) is 17.5. The summed E-state index contributed by atoms with van der Waals surface area (Å²) in [7, 11) is 0. The number of amides is 1. The lowest BCUT2D eigenvalue weighted by molar-refractivity contribution is -0.141. The van der Waals surface area contributed by atoms with Crippen LogP contribution in [0, 0.1) is 5.82 Å². The number of nitrogens with zero attached hydrogens (tertiary/aromatic N) is 1. The highest BCUT2D eigenvalue weighted by Gasteiger charge is 2.43. The quantitative estimate of drug-likeness (QED) is 0.873. The minimum Gasteiger partial charge on any atom is -0.378 e. The second-order valence-electron chi connectivity index (χ2n) is 6.58. The monoisotopic (exact) mass is 355 g/mol. The Bertz CT molecular complexity index is 599. The average Bonchev–Trinajstić information content (AvgIpc) is 2.60. The van der Waals surface area contributed by atoms with Gasteiger partial charge in [-0.15, -0.1) is 0 Å². The molecule has 0 spiro atoms. The summed E-state index contributed by atoms with van der Waals surface area (Å²) < 4.78 is 18.7. The van der Waals surface area contributed by atoms with E-state index in [0.29, 0.717) is 44.8 Å². The molecule has 132 valence electrons. The van der Waals surface area contributed by atoms with Gasteiger partial charge in [0.05, 0.1) is 18.2 Å². The second-order valence-corrected chi connectivity index (χ2v) is 6.99. The molecule has 0 atom stereocenters. The van der Waals surface area contributed by atoms with E-state index in [1.54, 1.807) is 6.07 Å². The summed E-state index contributed by atoms with van der Waals surface area (Å²) in [6.45, 7) is 2.31. The topological polar surface area (TPSA) is 67.6 Å². The molecule has 1 aromatic rings. The summed E-state index contributed by atoms with van der Waals surface area (Å²) in [4.78, 5) is 15.0. The molecule has 1 amide bonds. The molecule has 1 heterocycles. The van der Waals surface area contributed by atoms with Crippen LogP contribution in [0.2, 0.25) is 5.02 Å². The third kappa shape index (κ3) is 3.66. The molecule has 3 rings (SSSR count). The standard InChI is InChI=1S/C17H23ClFN3O2/c18-14-11-13(1-2-15(14)19)21-17(5-3-12(20)4-6-17)16(23)22-7-9-24-10-8-22/h1-2,11-12,21H,3-10,20H2. The molecule has 2 fully saturated rings. The molecule has 1 aliphatic carbocycles. The first-order valence-corrected chi connectivity index (χ1v) is 8.74. The van der Waals surface area contributed by atoms with E-state index in [2.05, 4.69) is 5.32 Å². The summed E-state index contributed by atoms with van der Waals surface area (Å²) >= 11 is 5.88. The number of nitrogens with one attached hydrogen (secondary N) is 1. The lowest BCUT2D eigenvalue weighted by Crippen LogP contribution is -2.58. The van der Waals surface area contributed by atoms with E-state index in [0.717, 1.165) is 12.8 Å². The highest BCUT2D eigenvalue weighted by Crippen LogP contribution is 2.34. The van der Waals surface area contributed by atoms with Crippen LogP contribution in [0.3, 0.4) is 0 Å². The smallest absolute Gasteiger partial charge is 0.248 e. The van der Waals surface area contributed by atoms with Crippen LogP contribution >= 0.6 is 11.6 Å².